The van der Waals surface area contributed by atoms with E-state index < -0.39 is 12.2 Å². The number of rotatable bonds is 8. The maximum absolute atomic E-state index is 10.00. The molecule has 0 bridgehead atoms. The van der Waals surface area contributed by atoms with Gasteiger partial charge >= 0.3 is 0 Å². The second-order valence-corrected chi connectivity index (χ2v) is 6.24. The fourth-order valence-corrected chi connectivity index (χ4v) is 2.77. The second-order valence-electron chi connectivity index (χ2n) is 5.80. The van der Waals surface area contributed by atoms with Gasteiger partial charge in [0.25, 0.3) is 0 Å². The van der Waals surface area contributed by atoms with Crippen molar-refractivity contribution in [2.75, 3.05) is 7.11 Å². The molecule has 0 spiro atoms. The highest BCUT2D eigenvalue weighted by Crippen LogP contribution is 2.34. The van der Waals surface area contributed by atoms with Crippen LogP contribution in [0.4, 0.5) is 0 Å². The van der Waals surface area contributed by atoms with Crippen molar-refractivity contribution in [3.8, 4) is 5.75 Å². The van der Waals surface area contributed by atoms with Crippen LogP contribution in [-0.4, -0.2) is 29.5 Å². The molecule has 0 saturated carbocycles. The van der Waals surface area contributed by atoms with Crippen molar-refractivity contribution < 1.29 is 14.9 Å². The molecule has 1 aromatic carbocycles. The second kappa shape index (κ2) is 8.62. The van der Waals surface area contributed by atoms with Gasteiger partial charge in [0.1, 0.15) is 5.75 Å². The SMILES string of the molecule is CCCC(O)C(O)CCc1cc(Cl)cc(C(C)C)c1OC. The molecule has 0 radical (unpaired) electrons. The summed E-state index contributed by atoms with van der Waals surface area (Å²) in [6.45, 7) is 6.18. The third-order valence-electron chi connectivity index (χ3n) is 3.72. The van der Waals surface area contributed by atoms with Crippen LogP contribution in [0.15, 0.2) is 12.1 Å². The summed E-state index contributed by atoms with van der Waals surface area (Å²) in [6, 6.07) is 3.81. The number of halogens is 1. The zero-order valence-corrected chi connectivity index (χ0v) is 14.2. The summed E-state index contributed by atoms with van der Waals surface area (Å²) in [6.07, 6.45) is 1.23. The van der Waals surface area contributed by atoms with E-state index in [1.54, 1.807) is 7.11 Å². The average molecular weight is 315 g/mol. The molecule has 2 atom stereocenters. The summed E-state index contributed by atoms with van der Waals surface area (Å²) in [4.78, 5) is 0. The van der Waals surface area contributed by atoms with Gasteiger partial charge in [0.2, 0.25) is 0 Å². The zero-order valence-electron chi connectivity index (χ0n) is 13.4. The van der Waals surface area contributed by atoms with E-state index in [1.807, 2.05) is 19.1 Å². The van der Waals surface area contributed by atoms with Crippen LogP contribution in [0.25, 0.3) is 0 Å². The molecule has 21 heavy (non-hydrogen) atoms. The van der Waals surface area contributed by atoms with Gasteiger partial charge in [-0.15, -0.1) is 0 Å². The van der Waals surface area contributed by atoms with Crippen LogP contribution in [0.2, 0.25) is 5.02 Å². The minimum absolute atomic E-state index is 0.313. The maximum atomic E-state index is 10.00. The predicted molar refractivity (Wildman–Crippen MR) is 87.3 cm³/mol. The first-order valence-corrected chi connectivity index (χ1v) is 8.00. The molecular formula is C17H27ClO3. The van der Waals surface area contributed by atoms with E-state index >= 15 is 0 Å². The summed E-state index contributed by atoms with van der Waals surface area (Å²) in [7, 11) is 1.65. The third-order valence-corrected chi connectivity index (χ3v) is 3.94. The van der Waals surface area contributed by atoms with Gasteiger partial charge in [-0.05, 0) is 48.4 Å². The largest absolute Gasteiger partial charge is 0.496 e. The van der Waals surface area contributed by atoms with E-state index in [0.717, 1.165) is 23.3 Å². The molecule has 2 unspecified atom stereocenters. The molecule has 4 heteroatoms. The molecule has 3 nitrogen and oxygen atoms in total. The van der Waals surface area contributed by atoms with Crippen LogP contribution in [0.1, 0.15) is 57.1 Å². The molecule has 0 aliphatic heterocycles. The summed E-state index contributed by atoms with van der Waals surface area (Å²) in [5.74, 6) is 1.15. The van der Waals surface area contributed by atoms with E-state index in [1.165, 1.54) is 0 Å². The monoisotopic (exact) mass is 314 g/mol. The van der Waals surface area contributed by atoms with Gasteiger partial charge in [0, 0.05) is 5.02 Å². The van der Waals surface area contributed by atoms with Crippen molar-refractivity contribution >= 4 is 11.6 Å². The first-order chi connectivity index (χ1) is 9.90. The van der Waals surface area contributed by atoms with E-state index in [2.05, 4.69) is 13.8 Å². The Hall–Kier alpha value is -0.770. The first kappa shape index (κ1) is 18.3. The summed E-state index contributed by atoms with van der Waals surface area (Å²) >= 11 is 6.18. The van der Waals surface area contributed by atoms with Gasteiger partial charge in [-0.3, -0.25) is 0 Å². The highest BCUT2D eigenvalue weighted by atomic mass is 35.5. The Morgan fingerprint density at radius 2 is 1.76 bits per heavy atom. The van der Waals surface area contributed by atoms with E-state index in [9.17, 15) is 10.2 Å². The molecular weight excluding hydrogens is 288 g/mol. The molecule has 0 aliphatic rings. The summed E-state index contributed by atoms with van der Waals surface area (Å²) in [5, 5.41) is 20.5. The van der Waals surface area contributed by atoms with Crippen LogP contribution in [0, 0.1) is 0 Å². The highest BCUT2D eigenvalue weighted by Gasteiger charge is 2.18. The van der Waals surface area contributed by atoms with E-state index in [0.29, 0.717) is 30.2 Å². The molecule has 0 fully saturated rings. The molecule has 0 amide bonds. The number of methoxy groups -OCH3 is 1. The lowest BCUT2D eigenvalue weighted by atomic mass is 9.95. The topological polar surface area (TPSA) is 49.7 Å². The van der Waals surface area contributed by atoms with Gasteiger partial charge < -0.3 is 14.9 Å². The normalized spacial score (nSPS) is 14.3. The number of benzene rings is 1. The van der Waals surface area contributed by atoms with Crippen LogP contribution >= 0.6 is 11.6 Å². The minimum Gasteiger partial charge on any atom is -0.496 e. The lowest BCUT2D eigenvalue weighted by Crippen LogP contribution is -2.26. The van der Waals surface area contributed by atoms with Crippen LogP contribution < -0.4 is 4.74 Å². The molecule has 0 aromatic heterocycles. The summed E-state index contributed by atoms with van der Waals surface area (Å²) in [5.41, 5.74) is 2.06. The van der Waals surface area contributed by atoms with Crippen molar-refractivity contribution in [2.24, 2.45) is 0 Å². The zero-order chi connectivity index (χ0) is 16.0. The van der Waals surface area contributed by atoms with E-state index in [-0.39, 0.29) is 0 Å². The fraction of sp³-hybridized carbons (Fsp3) is 0.647. The molecule has 0 heterocycles. The van der Waals surface area contributed by atoms with Crippen molar-refractivity contribution in [1.29, 1.82) is 0 Å². The van der Waals surface area contributed by atoms with Crippen molar-refractivity contribution in [3.05, 3.63) is 28.3 Å². The van der Waals surface area contributed by atoms with Crippen LogP contribution in [0.5, 0.6) is 5.75 Å². The number of aliphatic hydroxyl groups excluding tert-OH is 2. The quantitative estimate of drug-likeness (QED) is 0.764. The lowest BCUT2D eigenvalue weighted by Gasteiger charge is -2.20. The van der Waals surface area contributed by atoms with Crippen molar-refractivity contribution in [1.82, 2.24) is 0 Å². The molecule has 0 saturated heterocycles. The maximum Gasteiger partial charge on any atom is 0.125 e. The Morgan fingerprint density at radius 3 is 2.29 bits per heavy atom. The Morgan fingerprint density at radius 1 is 1.14 bits per heavy atom. The van der Waals surface area contributed by atoms with Gasteiger partial charge in [0.05, 0.1) is 19.3 Å². The van der Waals surface area contributed by atoms with Crippen molar-refractivity contribution in [2.45, 2.75) is 64.6 Å². The molecule has 1 aromatic rings. The molecule has 2 N–H and O–H groups in total. The van der Waals surface area contributed by atoms with Crippen LogP contribution in [0.3, 0.4) is 0 Å². The van der Waals surface area contributed by atoms with Crippen LogP contribution in [-0.2, 0) is 6.42 Å². The lowest BCUT2D eigenvalue weighted by molar-refractivity contribution is 0.00974. The molecule has 120 valence electrons. The third kappa shape index (κ3) is 5.17. The first-order valence-electron chi connectivity index (χ1n) is 7.63. The number of hydrogen-bond donors (Lipinski definition) is 2. The van der Waals surface area contributed by atoms with E-state index in [4.69, 9.17) is 16.3 Å². The number of aliphatic hydroxyl groups is 2. The fourth-order valence-electron chi connectivity index (χ4n) is 2.52. The molecule has 1 rings (SSSR count). The smallest absolute Gasteiger partial charge is 0.125 e. The number of ether oxygens (including phenoxy) is 1. The Bertz CT molecular complexity index is 446. The predicted octanol–water partition coefficient (Wildman–Crippen LogP) is 3.93. The molecule has 0 aliphatic carbocycles. The van der Waals surface area contributed by atoms with Gasteiger partial charge in [-0.2, -0.15) is 0 Å². The van der Waals surface area contributed by atoms with Gasteiger partial charge in [0.15, 0.2) is 0 Å². The average Bonchev–Trinajstić information content (AvgIpc) is 2.44. The standard InChI is InChI=1S/C17H27ClO3/c1-5-6-15(19)16(20)8-7-12-9-13(18)10-14(11(2)3)17(12)21-4/h9-11,15-16,19-20H,5-8H2,1-4H3. The minimum atomic E-state index is -0.712. The highest BCUT2D eigenvalue weighted by molar-refractivity contribution is 6.30. The Balaban J connectivity index is 2.87. The van der Waals surface area contributed by atoms with Gasteiger partial charge in [-0.25, -0.2) is 0 Å². The van der Waals surface area contributed by atoms with Gasteiger partial charge in [-0.1, -0.05) is 38.8 Å². The Labute approximate surface area is 132 Å². The number of hydrogen-bond acceptors (Lipinski definition) is 3. The Kier molecular flexibility index (Phi) is 7.50. The number of aryl methyl sites for hydroxylation is 1. The van der Waals surface area contributed by atoms with Crippen molar-refractivity contribution in [3.63, 3.8) is 0 Å². The summed E-state index contributed by atoms with van der Waals surface area (Å²) < 4.78 is 5.53.